The van der Waals surface area contributed by atoms with E-state index in [2.05, 4.69) is 46.4 Å². The van der Waals surface area contributed by atoms with Gasteiger partial charge >= 0.3 is 0 Å². The molecular weight excluding hydrogens is 319 g/mol. The lowest BCUT2D eigenvalue weighted by atomic mass is 10.1. The number of nitrogens with one attached hydrogen (secondary N) is 1. The number of methoxy groups -OCH3 is 1. The fraction of sp³-hybridized carbons (Fsp3) is 0.636. The van der Waals surface area contributed by atoms with Gasteiger partial charge in [-0.25, -0.2) is 4.98 Å². The average molecular weight is 336 g/mol. The summed E-state index contributed by atoms with van der Waals surface area (Å²) in [7, 11) is 1.64. The van der Waals surface area contributed by atoms with Crippen molar-refractivity contribution < 1.29 is 4.74 Å². The van der Waals surface area contributed by atoms with Crippen LogP contribution in [-0.4, -0.2) is 23.7 Å². The Balaban J connectivity index is 2.97. The van der Waals surface area contributed by atoms with Crippen LogP contribution in [0.2, 0.25) is 0 Å². The molecule has 0 amide bonds. The molecule has 5 heteroatoms. The van der Waals surface area contributed by atoms with Gasteiger partial charge in [0.1, 0.15) is 5.82 Å². The quantitative estimate of drug-likeness (QED) is 0.834. The highest BCUT2D eigenvalue weighted by molar-refractivity contribution is 14.1. The summed E-state index contributed by atoms with van der Waals surface area (Å²) in [6, 6.07) is 0. The van der Waals surface area contributed by atoms with Crippen LogP contribution in [0.5, 0.6) is 0 Å². The Morgan fingerprint density at radius 1 is 1.50 bits per heavy atom. The molecule has 1 N–H and O–H groups in total. The average Bonchev–Trinajstić information content (AvgIpc) is 2.21. The van der Waals surface area contributed by atoms with E-state index in [4.69, 9.17) is 4.74 Å². The lowest BCUT2D eigenvalue weighted by Gasteiger charge is -2.08. The summed E-state index contributed by atoms with van der Waals surface area (Å²) in [6.07, 6.45) is 1.48. The van der Waals surface area contributed by atoms with Crippen molar-refractivity contribution in [2.45, 2.75) is 26.7 Å². The van der Waals surface area contributed by atoms with E-state index in [-0.39, 0.29) is 5.56 Å². The molecule has 16 heavy (non-hydrogen) atoms. The molecule has 0 saturated heterocycles. The van der Waals surface area contributed by atoms with Crippen molar-refractivity contribution >= 4 is 22.6 Å². The zero-order chi connectivity index (χ0) is 12.1. The van der Waals surface area contributed by atoms with Gasteiger partial charge in [-0.3, -0.25) is 4.79 Å². The number of halogens is 1. The highest BCUT2D eigenvalue weighted by Crippen LogP contribution is 2.10. The third-order valence-electron chi connectivity index (χ3n) is 2.13. The van der Waals surface area contributed by atoms with Crippen molar-refractivity contribution in [2.24, 2.45) is 5.92 Å². The fourth-order valence-electron chi connectivity index (χ4n) is 1.40. The van der Waals surface area contributed by atoms with Gasteiger partial charge in [-0.1, -0.05) is 13.8 Å². The van der Waals surface area contributed by atoms with E-state index in [0.717, 1.165) is 12.1 Å². The summed E-state index contributed by atoms with van der Waals surface area (Å²) in [6.45, 7) is 4.81. The standard InChI is InChI=1S/C11H17IN2O2/c1-7(2)6-8-10(12)11(15)14-9(13-8)4-5-16-3/h7H,4-6H2,1-3H3,(H,13,14,15). The van der Waals surface area contributed by atoms with Gasteiger partial charge in [0.2, 0.25) is 0 Å². The minimum Gasteiger partial charge on any atom is -0.384 e. The van der Waals surface area contributed by atoms with Gasteiger partial charge in [0, 0.05) is 13.5 Å². The van der Waals surface area contributed by atoms with Crippen molar-refractivity contribution in [3.05, 3.63) is 25.4 Å². The van der Waals surface area contributed by atoms with Crippen molar-refractivity contribution in [3.63, 3.8) is 0 Å². The Labute approximate surface area is 109 Å². The number of hydrogen-bond donors (Lipinski definition) is 1. The van der Waals surface area contributed by atoms with Crippen LogP contribution in [0.15, 0.2) is 4.79 Å². The van der Waals surface area contributed by atoms with Crippen LogP contribution in [0.25, 0.3) is 0 Å². The Hall–Kier alpha value is -0.430. The molecule has 0 atom stereocenters. The molecule has 4 nitrogen and oxygen atoms in total. The van der Waals surface area contributed by atoms with Crippen LogP contribution in [-0.2, 0) is 17.6 Å². The summed E-state index contributed by atoms with van der Waals surface area (Å²) in [4.78, 5) is 18.9. The molecule has 0 saturated carbocycles. The van der Waals surface area contributed by atoms with E-state index in [1.807, 2.05) is 0 Å². The summed E-state index contributed by atoms with van der Waals surface area (Å²) in [5.41, 5.74) is 0.850. The number of H-pyrrole nitrogens is 1. The predicted octanol–water partition coefficient (Wildman–Crippen LogP) is 1.76. The molecule has 0 aliphatic heterocycles. The molecule has 0 bridgehead atoms. The first kappa shape index (κ1) is 13.6. The number of hydrogen-bond acceptors (Lipinski definition) is 3. The fourth-order valence-corrected chi connectivity index (χ4v) is 1.87. The number of aromatic nitrogens is 2. The molecule has 0 aliphatic rings. The molecule has 0 fully saturated rings. The maximum atomic E-state index is 11.7. The van der Waals surface area contributed by atoms with Crippen molar-refractivity contribution in [1.29, 1.82) is 0 Å². The SMILES string of the molecule is COCCc1nc(CC(C)C)c(I)c(=O)[nH]1. The Morgan fingerprint density at radius 3 is 2.75 bits per heavy atom. The Bertz CT molecular complexity index is 401. The van der Waals surface area contributed by atoms with Crippen molar-refractivity contribution in [3.8, 4) is 0 Å². The molecule has 0 radical (unpaired) electrons. The van der Waals surface area contributed by atoms with Crippen molar-refractivity contribution in [2.75, 3.05) is 13.7 Å². The summed E-state index contributed by atoms with van der Waals surface area (Å²) in [5, 5.41) is 0. The van der Waals surface area contributed by atoms with Gasteiger partial charge < -0.3 is 9.72 Å². The topological polar surface area (TPSA) is 55.0 Å². The summed E-state index contributed by atoms with van der Waals surface area (Å²) >= 11 is 2.06. The minimum absolute atomic E-state index is 0.0441. The maximum absolute atomic E-state index is 11.7. The molecule has 1 rings (SSSR count). The van der Waals surface area contributed by atoms with Crippen LogP contribution >= 0.6 is 22.6 Å². The van der Waals surface area contributed by atoms with Gasteiger partial charge in [-0.2, -0.15) is 0 Å². The zero-order valence-corrected chi connectivity index (χ0v) is 12.0. The monoisotopic (exact) mass is 336 g/mol. The van der Waals surface area contributed by atoms with Crippen LogP contribution in [0.1, 0.15) is 25.4 Å². The second kappa shape index (κ2) is 6.34. The number of nitrogens with zero attached hydrogens (tertiary/aromatic N) is 1. The summed E-state index contributed by atoms with van der Waals surface area (Å²) < 4.78 is 5.67. The molecule has 0 aliphatic carbocycles. The van der Waals surface area contributed by atoms with E-state index in [1.54, 1.807) is 7.11 Å². The Morgan fingerprint density at radius 2 is 2.19 bits per heavy atom. The smallest absolute Gasteiger partial charge is 0.264 e. The molecule has 0 aromatic carbocycles. The van der Waals surface area contributed by atoms with Gasteiger partial charge in [-0.15, -0.1) is 0 Å². The molecule has 90 valence electrons. The Kier molecular flexibility index (Phi) is 5.40. The van der Waals surface area contributed by atoms with Crippen molar-refractivity contribution in [1.82, 2.24) is 9.97 Å². The first-order valence-electron chi connectivity index (χ1n) is 5.31. The van der Waals surface area contributed by atoms with E-state index >= 15 is 0 Å². The van der Waals surface area contributed by atoms with Crippen LogP contribution in [0.4, 0.5) is 0 Å². The molecule has 1 heterocycles. The first-order valence-corrected chi connectivity index (χ1v) is 6.39. The van der Waals surface area contributed by atoms with Gasteiger partial charge in [0.05, 0.1) is 15.9 Å². The maximum Gasteiger partial charge on any atom is 0.264 e. The minimum atomic E-state index is -0.0441. The number of ether oxygens (including phenoxy) is 1. The van der Waals surface area contributed by atoms with Gasteiger partial charge in [0.15, 0.2) is 0 Å². The van der Waals surface area contributed by atoms with E-state index in [0.29, 0.717) is 28.3 Å². The molecule has 1 aromatic heterocycles. The molecule has 0 spiro atoms. The molecule has 0 unspecified atom stereocenters. The zero-order valence-electron chi connectivity index (χ0n) is 9.84. The highest BCUT2D eigenvalue weighted by Gasteiger charge is 2.10. The van der Waals surface area contributed by atoms with Gasteiger partial charge in [0.25, 0.3) is 5.56 Å². The van der Waals surface area contributed by atoms with Crippen LogP contribution in [0, 0.1) is 9.49 Å². The third kappa shape index (κ3) is 3.86. The van der Waals surface area contributed by atoms with E-state index in [1.165, 1.54) is 0 Å². The second-order valence-corrected chi connectivity index (χ2v) is 5.19. The first-order chi connectivity index (χ1) is 7.54. The lowest BCUT2D eigenvalue weighted by Crippen LogP contribution is -2.20. The molecular formula is C11H17IN2O2. The number of rotatable bonds is 5. The highest BCUT2D eigenvalue weighted by atomic mass is 127. The van der Waals surface area contributed by atoms with Crippen LogP contribution in [0.3, 0.4) is 0 Å². The van der Waals surface area contributed by atoms with E-state index in [9.17, 15) is 4.79 Å². The normalized spacial score (nSPS) is 11.1. The molecule has 1 aromatic rings. The largest absolute Gasteiger partial charge is 0.384 e. The van der Waals surface area contributed by atoms with E-state index < -0.39 is 0 Å². The third-order valence-corrected chi connectivity index (χ3v) is 3.24. The van der Waals surface area contributed by atoms with Crippen LogP contribution < -0.4 is 5.56 Å². The number of aromatic amines is 1. The predicted molar refractivity (Wildman–Crippen MR) is 71.7 cm³/mol. The summed E-state index contributed by atoms with van der Waals surface area (Å²) in [5.74, 6) is 1.21. The second-order valence-electron chi connectivity index (χ2n) is 4.11. The lowest BCUT2D eigenvalue weighted by molar-refractivity contribution is 0.200. The van der Waals surface area contributed by atoms with Gasteiger partial charge in [-0.05, 0) is 34.9 Å².